The highest BCUT2D eigenvalue weighted by Crippen LogP contribution is 2.27. The number of urea groups is 1. The molecule has 3 N–H and O–H groups in total. The highest BCUT2D eigenvalue weighted by molar-refractivity contribution is 6.34. The van der Waals surface area contributed by atoms with E-state index in [4.69, 9.17) is 39.5 Å². The Hall–Kier alpha value is -2.15. The molecule has 0 saturated heterocycles. The summed E-state index contributed by atoms with van der Waals surface area (Å²) in [6.07, 6.45) is 0. The van der Waals surface area contributed by atoms with Gasteiger partial charge < -0.3 is 10.1 Å². The Labute approximate surface area is 153 Å². The monoisotopic (exact) mass is 387 g/mol. The topological polar surface area (TPSA) is 79.5 Å². The highest BCUT2D eigenvalue weighted by Gasteiger charge is 2.08. The van der Waals surface area contributed by atoms with Gasteiger partial charge in [0.1, 0.15) is 5.75 Å². The molecule has 9 heteroatoms. The van der Waals surface area contributed by atoms with Crippen LogP contribution in [-0.2, 0) is 4.79 Å². The van der Waals surface area contributed by atoms with Crippen LogP contribution in [0, 0.1) is 0 Å². The Bertz CT molecular complexity index is 738. The van der Waals surface area contributed by atoms with E-state index in [0.717, 1.165) is 0 Å². The lowest BCUT2D eigenvalue weighted by Gasteiger charge is -2.10. The van der Waals surface area contributed by atoms with E-state index in [0.29, 0.717) is 20.8 Å². The lowest BCUT2D eigenvalue weighted by Crippen LogP contribution is -2.45. The van der Waals surface area contributed by atoms with E-state index in [2.05, 4.69) is 16.2 Å². The van der Waals surface area contributed by atoms with Crippen LogP contribution in [0.5, 0.6) is 5.75 Å². The second-order valence-electron chi connectivity index (χ2n) is 4.50. The first-order chi connectivity index (χ1) is 11.4. The molecule has 0 heterocycles. The molecule has 3 amide bonds. The van der Waals surface area contributed by atoms with Crippen molar-refractivity contribution in [3.63, 3.8) is 0 Å². The summed E-state index contributed by atoms with van der Waals surface area (Å²) in [5, 5.41) is 3.81. The summed E-state index contributed by atoms with van der Waals surface area (Å²) >= 11 is 17.5. The molecule has 0 spiro atoms. The van der Waals surface area contributed by atoms with Gasteiger partial charge in [0.25, 0.3) is 5.91 Å². The predicted octanol–water partition coefficient (Wildman–Crippen LogP) is 3.88. The van der Waals surface area contributed by atoms with Gasteiger partial charge in [-0.3, -0.25) is 10.2 Å². The third-order valence-electron chi connectivity index (χ3n) is 2.67. The smallest absolute Gasteiger partial charge is 0.337 e. The van der Waals surface area contributed by atoms with E-state index in [9.17, 15) is 9.59 Å². The predicted molar refractivity (Wildman–Crippen MR) is 93.7 cm³/mol. The van der Waals surface area contributed by atoms with Gasteiger partial charge in [-0.15, -0.1) is 0 Å². The first kappa shape index (κ1) is 18.2. The van der Waals surface area contributed by atoms with Crippen molar-refractivity contribution in [2.24, 2.45) is 0 Å². The summed E-state index contributed by atoms with van der Waals surface area (Å²) < 4.78 is 5.23. The van der Waals surface area contributed by atoms with Gasteiger partial charge in [0.05, 0.1) is 5.02 Å². The molecule has 2 aromatic carbocycles. The van der Waals surface area contributed by atoms with Gasteiger partial charge >= 0.3 is 6.03 Å². The van der Waals surface area contributed by atoms with Crippen molar-refractivity contribution < 1.29 is 14.3 Å². The Morgan fingerprint density at radius 3 is 2.29 bits per heavy atom. The molecule has 0 aliphatic rings. The van der Waals surface area contributed by atoms with Gasteiger partial charge in [0.2, 0.25) is 0 Å². The van der Waals surface area contributed by atoms with Gasteiger partial charge in [-0.1, -0.05) is 34.8 Å². The zero-order valence-corrected chi connectivity index (χ0v) is 14.4. The largest absolute Gasteiger partial charge is 0.482 e. The molecule has 6 nitrogen and oxygen atoms in total. The lowest BCUT2D eigenvalue weighted by molar-refractivity contribution is -0.123. The standard InChI is InChI=1S/C15H12Cl3N3O3/c16-9-1-4-11(5-2-9)19-15(23)21-20-14(22)8-24-13-7-10(17)3-6-12(13)18/h1-7H,8H2,(H,20,22)(H2,19,21,23). The Morgan fingerprint density at radius 2 is 1.58 bits per heavy atom. The van der Waals surface area contributed by atoms with E-state index in [1.54, 1.807) is 36.4 Å². The van der Waals surface area contributed by atoms with Crippen LogP contribution >= 0.6 is 34.8 Å². The summed E-state index contributed by atoms with van der Waals surface area (Å²) in [4.78, 5) is 23.3. The number of carbonyl (C=O) groups is 2. The molecule has 0 atom stereocenters. The zero-order valence-electron chi connectivity index (χ0n) is 12.1. The minimum absolute atomic E-state index is 0.268. The zero-order chi connectivity index (χ0) is 17.5. The number of nitrogens with one attached hydrogen (secondary N) is 3. The van der Waals surface area contributed by atoms with Gasteiger partial charge in [-0.25, -0.2) is 10.2 Å². The Kier molecular flexibility index (Phi) is 6.54. The fraction of sp³-hybridized carbons (Fsp3) is 0.0667. The fourth-order valence-electron chi connectivity index (χ4n) is 1.59. The quantitative estimate of drug-likeness (QED) is 0.695. The number of anilines is 1. The Balaban J connectivity index is 1.75. The van der Waals surface area contributed by atoms with E-state index in [1.165, 1.54) is 6.07 Å². The maximum absolute atomic E-state index is 11.6. The molecule has 0 unspecified atom stereocenters. The summed E-state index contributed by atoms with van der Waals surface area (Å²) in [5.41, 5.74) is 4.90. The number of rotatable bonds is 4. The van der Waals surface area contributed by atoms with Crippen molar-refractivity contribution in [1.29, 1.82) is 0 Å². The third-order valence-corrected chi connectivity index (χ3v) is 3.47. The molecule has 0 bridgehead atoms. The van der Waals surface area contributed by atoms with Crippen molar-refractivity contribution in [3.8, 4) is 5.75 Å². The summed E-state index contributed by atoms with van der Waals surface area (Å²) in [7, 11) is 0. The van der Waals surface area contributed by atoms with E-state index < -0.39 is 11.9 Å². The van der Waals surface area contributed by atoms with Crippen LogP contribution in [-0.4, -0.2) is 18.5 Å². The molecule has 0 aromatic heterocycles. The first-order valence-electron chi connectivity index (χ1n) is 6.63. The summed E-state index contributed by atoms with van der Waals surface area (Å²) in [6, 6.07) is 10.5. The number of carbonyl (C=O) groups excluding carboxylic acids is 2. The molecule has 0 aliphatic heterocycles. The summed E-state index contributed by atoms with van der Waals surface area (Å²) in [5.74, 6) is -0.303. The average molecular weight is 389 g/mol. The maximum atomic E-state index is 11.6. The van der Waals surface area contributed by atoms with Gasteiger partial charge in [0, 0.05) is 21.8 Å². The normalized spacial score (nSPS) is 9.96. The Morgan fingerprint density at radius 1 is 0.917 bits per heavy atom. The van der Waals surface area contributed by atoms with Crippen LogP contribution in [0.4, 0.5) is 10.5 Å². The maximum Gasteiger partial charge on any atom is 0.337 e. The number of amides is 3. The molecule has 2 aromatic rings. The fourth-order valence-corrected chi connectivity index (χ4v) is 2.05. The minimum atomic E-state index is -0.619. The number of benzene rings is 2. The van der Waals surface area contributed by atoms with Crippen molar-refractivity contribution in [2.75, 3.05) is 11.9 Å². The van der Waals surface area contributed by atoms with Crippen LogP contribution in [0.3, 0.4) is 0 Å². The van der Waals surface area contributed by atoms with E-state index in [1.807, 2.05) is 0 Å². The van der Waals surface area contributed by atoms with Crippen LogP contribution in [0.15, 0.2) is 42.5 Å². The highest BCUT2D eigenvalue weighted by atomic mass is 35.5. The van der Waals surface area contributed by atoms with Gasteiger partial charge in [-0.2, -0.15) is 0 Å². The molecule has 24 heavy (non-hydrogen) atoms. The lowest BCUT2D eigenvalue weighted by atomic mass is 10.3. The van der Waals surface area contributed by atoms with E-state index in [-0.39, 0.29) is 12.4 Å². The second-order valence-corrected chi connectivity index (χ2v) is 5.78. The molecular weight excluding hydrogens is 377 g/mol. The average Bonchev–Trinajstić information content (AvgIpc) is 2.56. The van der Waals surface area contributed by atoms with Crippen LogP contribution in [0.25, 0.3) is 0 Å². The molecule has 0 radical (unpaired) electrons. The number of hydrogen-bond acceptors (Lipinski definition) is 3. The third kappa shape index (κ3) is 5.81. The first-order valence-corrected chi connectivity index (χ1v) is 7.76. The SMILES string of the molecule is O=C(COc1cc(Cl)ccc1Cl)NNC(=O)Nc1ccc(Cl)cc1. The number of halogens is 3. The van der Waals surface area contributed by atoms with Crippen molar-refractivity contribution in [1.82, 2.24) is 10.9 Å². The molecule has 2 rings (SSSR count). The number of hydrazine groups is 1. The minimum Gasteiger partial charge on any atom is -0.482 e. The summed E-state index contributed by atoms with van der Waals surface area (Å²) in [6.45, 7) is -0.346. The van der Waals surface area contributed by atoms with Crippen molar-refractivity contribution >= 4 is 52.4 Å². The van der Waals surface area contributed by atoms with Crippen LogP contribution < -0.4 is 20.9 Å². The molecule has 0 saturated carbocycles. The molecule has 0 aliphatic carbocycles. The van der Waals surface area contributed by atoms with Gasteiger partial charge in [-0.05, 0) is 36.4 Å². The van der Waals surface area contributed by atoms with Gasteiger partial charge in [0.15, 0.2) is 6.61 Å². The number of hydrogen-bond donors (Lipinski definition) is 3. The van der Waals surface area contributed by atoms with Crippen molar-refractivity contribution in [2.45, 2.75) is 0 Å². The molecule has 126 valence electrons. The van der Waals surface area contributed by atoms with Crippen molar-refractivity contribution in [3.05, 3.63) is 57.5 Å². The molecule has 0 fully saturated rings. The molecular formula is C15H12Cl3N3O3. The van der Waals surface area contributed by atoms with Crippen LogP contribution in [0.2, 0.25) is 15.1 Å². The van der Waals surface area contributed by atoms with Crippen LogP contribution in [0.1, 0.15) is 0 Å². The number of ether oxygens (including phenoxy) is 1. The van der Waals surface area contributed by atoms with E-state index >= 15 is 0 Å². The second kappa shape index (κ2) is 8.63.